The normalized spacial score (nSPS) is 16.1. The number of aromatic nitrogens is 3. The Labute approximate surface area is 231 Å². The summed E-state index contributed by atoms with van der Waals surface area (Å²) in [5.74, 6) is -0.502. The Bertz CT molecular complexity index is 1340. The Morgan fingerprint density at radius 1 is 1.18 bits per heavy atom. The number of carbonyl (C=O) groups is 2. The van der Waals surface area contributed by atoms with Crippen molar-refractivity contribution in [3.63, 3.8) is 0 Å². The molecule has 4 rings (SSSR count). The van der Waals surface area contributed by atoms with E-state index in [0.717, 1.165) is 13.1 Å². The number of likely N-dealkylation sites (N-methyl/N-ethyl adjacent to an activating group) is 1. The third-order valence-electron chi connectivity index (χ3n) is 6.44. The van der Waals surface area contributed by atoms with Crippen molar-refractivity contribution in [3.8, 4) is 11.3 Å². The predicted octanol–water partition coefficient (Wildman–Crippen LogP) is 3.89. The minimum Gasteiger partial charge on any atom is -0.465 e. The number of hydrogen-bond donors (Lipinski definition) is 2. The highest BCUT2D eigenvalue weighted by atomic mass is 35.5. The molecule has 10 nitrogen and oxygen atoms in total. The molecule has 12 heteroatoms. The third kappa shape index (κ3) is 7.47. The first kappa shape index (κ1) is 28.3. The van der Waals surface area contributed by atoms with Gasteiger partial charge in [0.25, 0.3) is 0 Å². The highest BCUT2D eigenvalue weighted by molar-refractivity contribution is 6.30. The summed E-state index contributed by atoms with van der Waals surface area (Å²) in [5.41, 5.74) is 2.46. The molecule has 0 bridgehead atoms. The van der Waals surface area contributed by atoms with E-state index in [9.17, 15) is 14.0 Å². The third-order valence-corrected chi connectivity index (χ3v) is 6.67. The highest BCUT2D eigenvalue weighted by Crippen LogP contribution is 2.28. The van der Waals surface area contributed by atoms with Gasteiger partial charge in [-0.1, -0.05) is 11.6 Å². The molecule has 39 heavy (non-hydrogen) atoms. The van der Waals surface area contributed by atoms with Crippen LogP contribution in [0.1, 0.15) is 19.0 Å². The van der Waals surface area contributed by atoms with E-state index in [2.05, 4.69) is 30.7 Å². The van der Waals surface area contributed by atoms with Crippen molar-refractivity contribution < 1.29 is 18.7 Å². The molecule has 0 saturated carbocycles. The molecule has 3 heterocycles. The minimum atomic E-state index is -0.453. The lowest BCUT2D eigenvalue weighted by atomic mass is 10.1. The summed E-state index contributed by atoms with van der Waals surface area (Å²) >= 11 is 6.03. The summed E-state index contributed by atoms with van der Waals surface area (Å²) in [5, 5.41) is 14.7. The fourth-order valence-corrected chi connectivity index (χ4v) is 4.40. The van der Waals surface area contributed by atoms with E-state index in [1.807, 2.05) is 11.9 Å². The highest BCUT2D eigenvalue weighted by Gasteiger charge is 2.31. The summed E-state index contributed by atoms with van der Waals surface area (Å²) in [4.78, 5) is 33.2. The SMILES string of the molecule is CCOC(=O)C1CN(CCC(=O)Nc2cc(Nc3cc(-c4cc(Cl)ccc4F)nnc3C)ccn2)CCN1C. The number of aryl methyl sites for hydroxylation is 1. The largest absolute Gasteiger partial charge is 0.465 e. The van der Waals surface area contributed by atoms with Crippen LogP contribution in [-0.2, 0) is 14.3 Å². The molecule has 1 saturated heterocycles. The first-order valence-electron chi connectivity index (χ1n) is 12.7. The summed E-state index contributed by atoms with van der Waals surface area (Å²) < 4.78 is 19.5. The smallest absolute Gasteiger partial charge is 0.324 e. The number of piperazine rings is 1. The number of amides is 1. The van der Waals surface area contributed by atoms with Gasteiger partial charge >= 0.3 is 5.97 Å². The van der Waals surface area contributed by atoms with Crippen molar-refractivity contribution in [2.45, 2.75) is 26.3 Å². The van der Waals surface area contributed by atoms with Crippen molar-refractivity contribution in [2.24, 2.45) is 0 Å². The Balaban J connectivity index is 1.36. The Morgan fingerprint density at radius 3 is 2.79 bits per heavy atom. The zero-order valence-electron chi connectivity index (χ0n) is 22.1. The van der Waals surface area contributed by atoms with Crippen LogP contribution in [0.2, 0.25) is 5.02 Å². The first-order valence-corrected chi connectivity index (χ1v) is 13.0. The second-order valence-electron chi connectivity index (χ2n) is 9.25. The van der Waals surface area contributed by atoms with Crippen LogP contribution in [-0.4, -0.2) is 82.7 Å². The van der Waals surface area contributed by atoms with Crippen molar-refractivity contribution >= 4 is 40.7 Å². The average Bonchev–Trinajstić information content (AvgIpc) is 2.91. The van der Waals surface area contributed by atoms with E-state index >= 15 is 0 Å². The van der Waals surface area contributed by atoms with Crippen LogP contribution in [0.5, 0.6) is 0 Å². The lowest BCUT2D eigenvalue weighted by Crippen LogP contribution is -2.55. The van der Waals surface area contributed by atoms with Crippen LogP contribution in [0.3, 0.4) is 0 Å². The number of ether oxygens (including phenoxy) is 1. The molecular weight excluding hydrogens is 525 g/mol. The lowest BCUT2D eigenvalue weighted by Gasteiger charge is -2.37. The molecule has 0 radical (unpaired) electrons. The summed E-state index contributed by atoms with van der Waals surface area (Å²) in [7, 11) is 1.90. The van der Waals surface area contributed by atoms with Gasteiger partial charge in [0.15, 0.2) is 0 Å². The van der Waals surface area contributed by atoms with E-state index in [4.69, 9.17) is 16.3 Å². The number of halogens is 2. The number of pyridine rings is 1. The fourth-order valence-electron chi connectivity index (χ4n) is 4.23. The minimum absolute atomic E-state index is 0.188. The van der Waals surface area contributed by atoms with Crippen molar-refractivity contribution in [3.05, 3.63) is 59.1 Å². The monoisotopic (exact) mass is 555 g/mol. The summed E-state index contributed by atoms with van der Waals surface area (Å²) in [6.07, 6.45) is 1.82. The lowest BCUT2D eigenvalue weighted by molar-refractivity contribution is -0.151. The molecule has 2 aromatic heterocycles. The Morgan fingerprint density at radius 2 is 2.00 bits per heavy atom. The molecule has 1 aromatic carbocycles. The number of esters is 1. The zero-order chi connectivity index (χ0) is 27.9. The van der Waals surface area contributed by atoms with Crippen molar-refractivity contribution in [1.82, 2.24) is 25.0 Å². The fraction of sp³-hybridized carbons (Fsp3) is 0.370. The number of hydrogen-bond acceptors (Lipinski definition) is 9. The molecule has 1 atom stereocenters. The molecule has 1 fully saturated rings. The standard InChI is InChI=1S/C27H31ClFN7O3/c1-4-39-27(38)24-16-36(12-11-35(24)3)10-8-26(37)32-25-14-19(7-9-30-25)31-22-15-23(34-33-17(22)2)20-13-18(28)5-6-21(20)29/h5-7,9,13-15,24H,4,8,10-12,16H2,1-3H3,(H2,30,31,32,34,37). The van der Waals surface area contributed by atoms with Crippen LogP contribution in [0.4, 0.5) is 21.6 Å². The van der Waals surface area contributed by atoms with Crippen LogP contribution in [0.15, 0.2) is 42.6 Å². The van der Waals surface area contributed by atoms with E-state index in [0.29, 0.717) is 53.3 Å². The zero-order valence-corrected chi connectivity index (χ0v) is 22.8. The van der Waals surface area contributed by atoms with Gasteiger partial charge in [0, 0.05) is 61.1 Å². The summed E-state index contributed by atoms with van der Waals surface area (Å²) in [6.45, 7) is 6.41. The first-order chi connectivity index (χ1) is 18.7. The molecule has 1 aliphatic heterocycles. The van der Waals surface area contributed by atoms with Crippen molar-refractivity contribution in [2.75, 3.05) is 50.5 Å². The number of nitrogens with one attached hydrogen (secondary N) is 2. The van der Waals surface area contributed by atoms with E-state index in [-0.39, 0.29) is 29.9 Å². The maximum Gasteiger partial charge on any atom is 0.324 e. The van der Waals surface area contributed by atoms with Gasteiger partial charge in [0.05, 0.1) is 23.7 Å². The van der Waals surface area contributed by atoms with Gasteiger partial charge in [-0.3, -0.25) is 19.4 Å². The van der Waals surface area contributed by atoms with Gasteiger partial charge in [0.2, 0.25) is 5.91 Å². The average molecular weight is 556 g/mol. The maximum atomic E-state index is 14.4. The molecule has 0 spiro atoms. The van der Waals surface area contributed by atoms with Gasteiger partial charge in [-0.2, -0.15) is 10.2 Å². The maximum absolute atomic E-state index is 14.4. The van der Waals surface area contributed by atoms with Crippen LogP contribution in [0.25, 0.3) is 11.3 Å². The van der Waals surface area contributed by atoms with Gasteiger partial charge < -0.3 is 15.4 Å². The molecule has 206 valence electrons. The van der Waals surface area contributed by atoms with Gasteiger partial charge in [0.1, 0.15) is 17.7 Å². The Kier molecular flexibility index (Phi) is 9.39. The van der Waals surface area contributed by atoms with E-state index < -0.39 is 5.82 Å². The Hall–Kier alpha value is -3.67. The van der Waals surface area contributed by atoms with Gasteiger partial charge in [-0.15, -0.1) is 0 Å². The number of anilines is 3. The van der Waals surface area contributed by atoms with Crippen molar-refractivity contribution in [1.29, 1.82) is 0 Å². The molecular formula is C27H31ClFN7O3. The number of nitrogens with zero attached hydrogens (tertiary/aromatic N) is 5. The molecule has 2 N–H and O–H groups in total. The molecule has 0 aliphatic carbocycles. The topological polar surface area (TPSA) is 113 Å². The molecule has 1 aliphatic rings. The van der Waals surface area contributed by atoms with E-state index in [1.54, 1.807) is 38.2 Å². The van der Waals surface area contributed by atoms with E-state index in [1.165, 1.54) is 18.2 Å². The van der Waals surface area contributed by atoms with Crippen LogP contribution in [0, 0.1) is 12.7 Å². The van der Waals surface area contributed by atoms with Gasteiger partial charge in [-0.05, 0) is 51.2 Å². The van der Waals surface area contributed by atoms with Crippen LogP contribution >= 0.6 is 11.6 Å². The molecule has 3 aromatic rings. The predicted molar refractivity (Wildman–Crippen MR) is 147 cm³/mol. The summed E-state index contributed by atoms with van der Waals surface area (Å²) in [6, 6.07) is 9.05. The number of rotatable bonds is 9. The van der Waals surface area contributed by atoms with Crippen LogP contribution < -0.4 is 10.6 Å². The molecule has 1 unspecified atom stereocenters. The second-order valence-corrected chi connectivity index (χ2v) is 9.69. The quantitative estimate of drug-likeness (QED) is 0.380. The number of benzene rings is 1. The second kappa shape index (κ2) is 12.9. The van der Waals surface area contributed by atoms with Gasteiger partial charge in [-0.25, -0.2) is 9.37 Å². The number of carbonyl (C=O) groups excluding carboxylic acids is 2. The molecule has 1 amide bonds.